The molecule has 0 radical (unpaired) electrons. The fraction of sp³-hybridized carbons (Fsp3) is 0.273. The van der Waals surface area contributed by atoms with Gasteiger partial charge in [-0.1, -0.05) is 18.2 Å². The van der Waals surface area contributed by atoms with Crippen molar-refractivity contribution < 1.29 is 19.8 Å². The first-order valence-corrected chi connectivity index (χ1v) is 4.68. The Bertz CT molecular complexity index is 426. The topological polar surface area (TPSA) is 86.6 Å². The van der Waals surface area contributed by atoms with Crippen molar-refractivity contribution in [1.29, 1.82) is 0 Å². The smallest absolute Gasteiger partial charge is 0.340 e. The molecule has 5 nitrogen and oxygen atoms in total. The largest absolute Gasteiger partial charge is 0.479 e. The van der Waals surface area contributed by atoms with Crippen LogP contribution >= 0.6 is 0 Å². The zero-order valence-corrected chi connectivity index (χ0v) is 9.02. The summed E-state index contributed by atoms with van der Waals surface area (Å²) < 4.78 is 0. The summed E-state index contributed by atoms with van der Waals surface area (Å²) in [7, 11) is 0. The Kier molecular flexibility index (Phi) is 3.29. The van der Waals surface area contributed by atoms with Gasteiger partial charge < -0.3 is 15.5 Å². The van der Waals surface area contributed by atoms with Gasteiger partial charge in [0.25, 0.3) is 0 Å². The minimum absolute atomic E-state index is 0.151. The molecule has 0 spiro atoms. The number of para-hydroxylation sites is 1. The Morgan fingerprint density at radius 1 is 1.31 bits per heavy atom. The number of nitrogens with one attached hydrogen (secondary N) is 1. The third kappa shape index (κ3) is 2.38. The number of carbonyl (C=O) groups excluding carboxylic acids is 1. The lowest BCUT2D eigenvalue weighted by molar-refractivity contribution is -0.157. The summed E-state index contributed by atoms with van der Waals surface area (Å²) in [5.74, 6) is -1.70. The molecule has 0 aromatic heterocycles. The Hall–Kier alpha value is -1.88. The van der Waals surface area contributed by atoms with Crippen LogP contribution in [0, 0.1) is 0 Å². The maximum atomic E-state index is 10.9. The number of benzene rings is 1. The fourth-order valence-corrected chi connectivity index (χ4v) is 1.32. The summed E-state index contributed by atoms with van der Waals surface area (Å²) in [4.78, 5) is 21.8. The molecule has 0 saturated carbocycles. The van der Waals surface area contributed by atoms with Crippen LogP contribution in [-0.2, 0) is 15.2 Å². The van der Waals surface area contributed by atoms with E-state index < -0.39 is 11.6 Å². The van der Waals surface area contributed by atoms with Crippen molar-refractivity contribution in [1.82, 2.24) is 0 Å². The molecule has 0 aliphatic carbocycles. The number of carbonyl (C=O) groups is 2. The van der Waals surface area contributed by atoms with Gasteiger partial charge in [-0.2, -0.15) is 0 Å². The lowest BCUT2D eigenvalue weighted by Gasteiger charge is -2.21. The first-order chi connectivity index (χ1) is 7.35. The predicted molar refractivity (Wildman–Crippen MR) is 58.0 cm³/mol. The minimum Gasteiger partial charge on any atom is -0.479 e. The predicted octanol–water partition coefficient (Wildman–Crippen LogP) is 0.937. The van der Waals surface area contributed by atoms with Crippen molar-refractivity contribution in [2.45, 2.75) is 19.4 Å². The molecule has 0 saturated heterocycles. The van der Waals surface area contributed by atoms with E-state index >= 15 is 0 Å². The average Bonchev–Trinajstić information content (AvgIpc) is 2.17. The van der Waals surface area contributed by atoms with Crippen molar-refractivity contribution in [3.05, 3.63) is 29.8 Å². The summed E-state index contributed by atoms with van der Waals surface area (Å²) in [5, 5.41) is 21.2. The maximum Gasteiger partial charge on any atom is 0.340 e. The van der Waals surface area contributed by atoms with E-state index in [0.717, 1.165) is 6.92 Å². The van der Waals surface area contributed by atoms with E-state index in [1.165, 1.54) is 19.1 Å². The van der Waals surface area contributed by atoms with Crippen LogP contribution in [0.25, 0.3) is 0 Å². The monoisotopic (exact) mass is 223 g/mol. The molecular formula is C11H13NO4. The molecule has 1 aromatic carbocycles. The second-order valence-corrected chi connectivity index (χ2v) is 3.60. The molecule has 0 fully saturated rings. The molecule has 0 bridgehead atoms. The number of carboxylic acids is 1. The Balaban J connectivity index is 3.22. The highest BCUT2D eigenvalue weighted by Crippen LogP contribution is 2.28. The van der Waals surface area contributed by atoms with E-state index in [2.05, 4.69) is 5.32 Å². The molecule has 1 rings (SSSR count). The second kappa shape index (κ2) is 4.32. The molecule has 16 heavy (non-hydrogen) atoms. The standard InChI is InChI=1S/C11H13NO4/c1-7(13)12-9-6-4-3-5-8(9)11(2,16)10(14)15/h3-6,16H,1-2H3,(H,12,13)(H,14,15). The van der Waals surface area contributed by atoms with Crippen LogP contribution in [0.3, 0.4) is 0 Å². The molecule has 5 heteroatoms. The molecule has 0 aliphatic rings. The van der Waals surface area contributed by atoms with Gasteiger partial charge in [-0.25, -0.2) is 4.79 Å². The summed E-state index contributed by atoms with van der Waals surface area (Å²) in [6.45, 7) is 2.47. The van der Waals surface area contributed by atoms with Gasteiger partial charge in [0.05, 0.1) is 0 Å². The van der Waals surface area contributed by atoms with Gasteiger partial charge in [0, 0.05) is 18.2 Å². The van der Waals surface area contributed by atoms with Crippen molar-refractivity contribution >= 4 is 17.6 Å². The van der Waals surface area contributed by atoms with Gasteiger partial charge in [0.15, 0.2) is 5.60 Å². The van der Waals surface area contributed by atoms with Gasteiger partial charge in [0.2, 0.25) is 5.91 Å². The number of carboxylic acid groups (broad SMARTS) is 1. The van der Waals surface area contributed by atoms with Crippen LogP contribution in [0.5, 0.6) is 0 Å². The average molecular weight is 223 g/mol. The Morgan fingerprint density at radius 3 is 2.38 bits per heavy atom. The van der Waals surface area contributed by atoms with Crippen molar-refractivity contribution in [2.24, 2.45) is 0 Å². The Morgan fingerprint density at radius 2 is 1.88 bits per heavy atom. The van der Waals surface area contributed by atoms with Crippen LogP contribution in [0.1, 0.15) is 19.4 Å². The van der Waals surface area contributed by atoms with Crippen LogP contribution < -0.4 is 5.32 Å². The Labute approximate surface area is 92.7 Å². The molecule has 1 unspecified atom stereocenters. The van der Waals surface area contributed by atoms with Crippen LogP contribution in [0.2, 0.25) is 0 Å². The van der Waals surface area contributed by atoms with Crippen LogP contribution in [-0.4, -0.2) is 22.1 Å². The molecule has 1 atom stereocenters. The molecule has 1 amide bonds. The number of amides is 1. The number of aliphatic hydroxyl groups is 1. The van der Waals surface area contributed by atoms with E-state index in [4.69, 9.17) is 5.11 Å². The van der Waals surface area contributed by atoms with E-state index in [1.807, 2.05) is 0 Å². The third-order valence-corrected chi connectivity index (χ3v) is 2.18. The molecule has 1 aromatic rings. The molecule has 0 aliphatic heterocycles. The summed E-state index contributed by atoms with van der Waals surface area (Å²) in [6.07, 6.45) is 0. The third-order valence-electron chi connectivity index (χ3n) is 2.18. The quantitative estimate of drug-likeness (QED) is 0.711. The summed E-state index contributed by atoms with van der Waals surface area (Å²) >= 11 is 0. The van der Waals surface area contributed by atoms with Crippen molar-refractivity contribution in [3.63, 3.8) is 0 Å². The second-order valence-electron chi connectivity index (χ2n) is 3.60. The summed E-state index contributed by atoms with van der Waals surface area (Å²) in [5.41, 5.74) is -1.58. The van der Waals surface area contributed by atoms with Crippen LogP contribution in [0.4, 0.5) is 5.69 Å². The number of anilines is 1. The molecule has 0 heterocycles. The normalized spacial score (nSPS) is 13.9. The van der Waals surface area contributed by atoms with Gasteiger partial charge >= 0.3 is 5.97 Å². The van der Waals surface area contributed by atoms with Crippen molar-refractivity contribution in [2.75, 3.05) is 5.32 Å². The van der Waals surface area contributed by atoms with E-state index in [-0.39, 0.29) is 11.5 Å². The maximum absolute atomic E-state index is 10.9. The van der Waals surface area contributed by atoms with Gasteiger partial charge in [0.1, 0.15) is 0 Å². The number of aliphatic carboxylic acids is 1. The number of hydrogen-bond acceptors (Lipinski definition) is 3. The van der Waals surface area contributed by atoms with Gasteiger partial charge in [-0.05, 0) is 13.0 Å². The lowest BCUT2D eigenvalue weighted by atomic mass is 9.94. The van der Waals surface area contributed by atoms with E-state index in [0.29, 0.717) is 5.69 Å². The molecule has 86 valence electrons. The minimum atomic E-state index is -2.03. The molecular weight excluding hydrogens is 210 g/mol. The van der Waals surface area contributed by atoms with E-state index in [9.17, 15) is 14.7 Å². The number of hydrogen-bond donors (Lipinski definition) is 3. The zero-order chi connectivity index (χ0) is 12.3. The highest BCUT2D eigenvalue weighted by Gasteiger charge is 2.34. The first-order valence-electron chi connectivity index (χ1n) is 4.68. The SMILES string of the molecule is CC(=O)Nc1ccccc1C(C)(O)C(=O)O. The van der Waals surface area contributed by atoms with Crippen LogP contribution in [0.15, 0.2) is 24.3 Å². The van der Waals surface area contributed by atoms with Gasteiger partial charge in [-0.3, -0.25) is 4.79 Å². The van der Waals surface area contributed by atoms with Crippen molar-refractivity contribution in [3.8, 4) is 0 Å². The summed E-state index contributed by atoms with van der Waals surface area (Å²) in [6, 6.07) is 6.23. The first kappa shape index (κ1) is 12.2. The number of rotatable bonds is 3. The van der Waals surface area contributed by atoms with E-state index in [1.54, 1.807) is 12.1 Å². The highest BCUT2D eigenvalue weighted by molar-refractivity contribution is 5.91. The lowest BCUT2D eigenvalue weighted by Crippen LogP contribution is -2.33. The molecule has 3 N–H and O–H groups in total. The fourth-order valence-electron chi connectivity index (χ4n) is 1.32. The highest BCUT2D eigenvalue weighted by atomic mass is 16.4. The van der Waals surface area contributed by atoms with Gasteiger partial charge in [-0.15, -0.1) is 0 Å². The zero-order valence-electron chi connectivity index (χ0n) is 9.02.